The van der Waals surface area contributed by atoms with Crippen LogP contribution in [0.25, 0.3) is 0 Å². The molecule has 1 heterocycles. The predicted octanol–water partition coefficient (Wildman–Crippen LogP) is 3.16. The number of anilines is 1. The number of amides is 1. The lowest BCUT2D eigenvalue weighted by molar-refractivity contribution is 0.102. The molecule has 0 radical (unpaired) electrons. The summed E-state index contributed by atoms with van der Waals surface area (Å²) in [6.07, 6.45) is 1.48. The first kappa shape index (κ1) is 19.8. The number of ether oxygens (including phenoxy) is 1. The zero-order valence-electron chi connectivity index (χ0n) is 15.2. The van der Waals surface area contributed by atoms with Crippen LogP contribution >= 0.6 is 0 Å². The van der Waals surface area contributed by atoms with Gasteiger partial charge >= 0.3 is 0 Å². The zero-order valence-corrected chi connectivity index (χ0v) is 16.0. The first-order valence-corrected chi connectivity index (χ1v) is 9.97. The molecule has 0 fully saturated rings. The van der Waals surface area contributed by atoms with Crippen LogP contribution in [0.2, 0.25) is 0 Å². The zero-order chi connectivity index (χ0) is 20.0. The maximum atomic E-state index is 12.4. The van der Waals surface area contributed by atoms with E-state index < -0.39 is 10.0 Å². The Labute approximate surface area is 163 Å². The molecule has 0 atom stereocenters. The van der Waals surface area contributed by atoms with Gasteiger partial charge in [0.25, 0.3) is 5.91 Å². The van der Waals surface area contributed by atoms with Crippen molar-refractivity contribution in [1.82, 2.24) is 4.72 Å². The van der Waals surface area contributed by atoms with E-state index in [1.165, 1.54) is 18.4 Å². The van der Waals surface area contributed by atoms with Crippen LogP contribution in [0.4, 0.5) is 5.69 Å². The molecule has 0 saturated carbocycles. The molecule has 3 rings (SSSR count). The molecule has 3 aromatic rings. The fourth-order valence-electron chi connectivity index (χ4n) is 2.55. The largest absolute Gasteiger partial charge is 0.468 e. The normalized spacial score (nSPS) is 11.3. The van der Waals surface area contributed by atoms with Crippen LogP contribution in [0.1, 0.15) is 21.7 Å². The standard InChI is InChI=1S/C20H20N2O5S/c1-26-14-15-4-2-5-16(12-15)20(23)22-17-7-9-19(10-8-17)28(24,25)21-13-18-6-3-11-27-18/h2-12,21H,13-14H2,1H3,(H,22,23). The number of sulfonamides is 1. The highest BCUT2D eigenvalue weighted by molar-refractivity contribution is 7.89. The molecule has 1 aromatic heterocycles. The van der Waals surface area contributed by atoms with E-state index >= 15 is 0 Å². The monoisotopic (exact) mass is 400 g/mol. The van der Waals surface area contributed by atoms with Gasteiger partial charge in [0.05, 0.1) is 24.3 Å². The van der Waals surface area contributed by atoms with E-state index in [4.69, 9.17) is 9.15 Å². The summed E-state index contributed by atoms with van der Waals surface area (Å²) < 4.78 is 37.3. The molecule has 0 bridgehead atoms. The molecule has 2 aromatic carbocycles. The molecule has 8 heteroatoms. The van der Waals surface area contributed by atoms with Crippen LogP contribution < -0.4 is 10.0 Å². The Hall–Kier alpha value is -2.94. The molecular weight excluding hydrogens is 380 g/mol. The van der Waals surface area contributed by atoms with E-state index in [1.54, 1.807) is 49.6 Å². The van der Waals surface area contributed by atoms with Gasteiger partial charge in [-0.15, -0.1) is 0 Å². The molecule has 0 aliphatic rings. The van der Waals surface area contributed by atoms with Gasteiger partial charge < -0.3 is 14.5 Å². The summed E-state index contributed by atoms with van der Waals surface area (Å²) in [5, 5.41) is 2.75. The van der Waals surface area contributed by atoms with Gasteiger partial charge in [0.2, 0.25) is 10.0 Å². The summed E-state index contributed by atoms with van der Waals surface area (Å²) in [6, 6.07) is 16.4. The second kappa shape index (κ2) is 8.83. The Morgan fingerprint density at radius 1 is 1.07 bits per heavy atom. The van der Waals surface area contributed by atoms with Crippen LogP contribution in [-0.2, 0) is 27.9 Å². The molecule has 1 amide bonds. The first-order valence-electron chi connectivity index (χ1n) is 8.49. The van der Waals surface area contributed by atoms with Crippen molar-refractivity contribution < 1.29 is 22.4 Å². The molecule has 146 valence electrons. The Balaban J connectivity index is 1.65. The minimum absolute atomic E-state index is 0.0611. The highest BCUT2D eigenvalue weighted by atomic mass is 32.2. The van der Waals surface area contributed by atoms with Crippen LogP contribution in [0.5, 0.6) is 0 Å². The SMILES string of the molecule is COCc1cccc(C(=O)Nc2ccc(S(=O)(=O)NCc3ccco3)cc2)c1. The summed E-state index contributed by atoms with van der Waals surface area (Å²) in [6.45, 7) is 0.477. The Kier molecular flexibility index (Phi) is 6.25. The van der Waals surface area contributed by atoms with Crippen molar-refractivity contribution in [1.29, 1.82) is 0 Å². The fraction of sp³-hybridized carbons (Fsp3) is 0.150. The number of hydrogen-bond donors (Lipinski definition) is 2. The van der Waals surface area contributed by atoms with Crippen LogP contribution in [0.3, 0.4) is 0 Å². The van der Waals surface area contributed by atoms with Crippen LogP contribution in [0, 0.1) is 0 Å². The molecule has 0 unspecified atom stereocenters. The average molecular weight is 400 g/mol. The van der Waals surface area contributed by atoms with Gasteiger partial charge in [-0.3, -0.25) is 4.79 Å². The molecule has 7 nitrogen and oxygen atoms in total. The van der Waals surface area contributed by atoms with Crippen LogP contribution in [0.15, 0.2) is 76.2 Å². The number of rotatable bonds is 8. The molecule has 0 saturated heterocycles. The van der Waals surface area contributed by atoms with Gasteiger partial charge in [-0.05, 0) is 54.1 Å². The molecular formula is C20H20N2O5S. The lowest BCUT2D eigenvalue weighted by Gasteiger charge is -2.09. The van der Waals surface area contributed by atoms with Crippen molar-refractivity contribution in [3.8, 4) is 0 Å². The molecule has 0 aliphatic heterocycles. The van der Waals surface area contributed by atoms with Gasteiger partial charge in [0.1, 0.15) is 5.76 Å². The smallest absolute Gasteiger partial charge is 0.255 e. The minimum atomic E-state index is -3.68. The summed E-state index contributed by atoms with van der Waals surface area (Å²) >= 11 is 0. The van der Waals surface area contributed by atoms with E-state index in [-0.39, 0.29) is 17.3 Å². The summed E-state index contributed by atoms with van der Waals surface area (Å²) in [4.78, 5) is 12.5. The number of carbonyl (C=O) groups excluding carboxylic acids is 1. The van der Waals surface area contributed by atoms with Crippen molar-refractivity contribution >= 4 is 21.6 Å². The fourth-order valence-corrected chi connectivity index (χ4v) is 3.55. The Bertz CT molecular complexity index is 1030. The maximum absolute atomic E-state index is 12.4. The summed E-state index contributed by atoms with van der Waals surface area (Å²) in [5.41, 5.74) is 1.87. The first-order chi connectivity index (χ1) is 13.5. The van der Waals surface area contributed by atoms with Crippen molar-refractivity contribution in [2.45, 2.75) is 18.0 Å². The molecule has 2 N–H and O–H groups in total. The van der Waals surface area contributed by atoms with E-state index in [0.29, 0.717) is 23.6 Å². The number of methoxy groups -OCH3 is 1. The predicted molar refractivity (Wildman–Crippen MR) is 104 cm³/mol. The minimum Gasteiger partial charge on any atom is -0.468 e. The highest BCUT2D eigenvalue weighted by Gasteiger charge is 2.15. The highest BCUT2D eigenvalue weighted by Crippen LogP contribution is 2.16. The van der Waals surface area contributed by atoms with Gasteiger partial charge in [0.15, 0.2) is 0 Å². The van der Waals surface area contributed by atoms with Crippen molar-refractivity contribution in [3.63, 3.8) is 0 Å². The van der Waals surface area contributed by atoms with Gasteiger partial charge in [0, 0.05) is 18.4 Å². The Morgan fingerprint density at radius 2 is 1.86 bits per heavy atom. The van der Waals surface area contributed by atoms with E-state index in [9.17, 15) is 13.2 Å². The van der Waals surface area contributed by atoms with E-state index in [1.807, 2.05) is 6.07 Å². The second-order valence-corrected chi connectivity index (χ2v) is 7.78. The molecule has 0 aliphatic carbocycles. The van der Waals surface area contributed by atoms with Gasteiger partial charge in [-0.25, -0.2) is 13.1 Å². The van der Waals surface area contributed by atoms with E-state index in [2.05, 4.69) is 10.0 Å². The third-order valence-corrected chi connectivity index (χ3v) is 5.36. The lowest BCUT2D eigenvalue weighted by Crippen LogP contribution is -2.23. The van der Waals surface area contributed by atoms with Crippen molar-refractivity contribution in [3.05, 3.63) is 83.8 Å². The van der Waals surface area contributed by atoms with Crippen molar-refractivity contribution in [2.75, 3.05) is 12.4 Å². The summed E-state index contributed by atoms with van der Waals surface area (Å²) in [5.74, 6) is 0.229. The third-order valence-electron chi connectivity index (χ3n) is 3.94. The average Bonchev–Trinajstić information content (AvgIpc) is 3.21. The molecule has 28 heavy (non-hydrogen) atoms. The maximum Gasteiger partial charge on any atom is 0.255 e. The number of furan rings is 1. The third kappa shape index (κ3) is 5.07. The number of hydrogen-bond acceptors (Lipinski definition) is 5. The quantitative estimate of drug-likeness (QED) is 0.605. The summed E-state index contributed by atoms with van der Waals surface area (Å²) in [7, 11) is -2.09. The van der Waals surface area contributed by atoms with Gasteiger partial charge in [-0.1, -0.05) is 12.1 Å². The molecule has 0 spiro atoms. The lowest BCUT2D eigenvalue weighted by atomic mass is 10.1. The number of benzene rings is 2. The van der Waals surface area contributed by atoms with Crippen LogP contribution in [-0.4, -0.2) is 21.4 Å². The van der Waals surface area contributed by atoms with Gasteiger partial charge in [-0.2, -0.15) is 0 Å². The number of nitrogens with one attached hydrogen (secondary N) is 2. The Morgan fingerprint density at radius 3 is 2.54 bits per heavy atom. The van der Waals surface area contributed by atoms with Crippen molar-refractivity contribution in [2.24, 2.45) is 0 Å². The number of carbonyl (C=O) groups is 1. The van der Waals surface area contributed by atoms with E-state index in [0.717, 1.165) is 5.56 Å². The second-order valence-electron chi connectivity index (χ2n) is 6.02. The topological polar surface area (TPSA) is 97.6 Å².